The van der Waals surface area contributed by atoms with Crippen LogP contribution in [0.2, 0.25) is 5.02 Å². The molecule has 0 fully saturated rings. The molecule has 0 unspecified atom stereocenters. The zero-order chi connectivity index (χ0) is 13.8. The number of benzene rings is 1. The minimum absolute atomic E-state index is 0.318. The first kappa shape index (κ1) is 13.8. The van der Waals surface area contributed by atoms with Crippen LogP contribution in [0.4, 0.5) is 5.69 Å². The van der Waals surface area contributed by atoms with Gasteiger partial charge in [0, 0.05) is 22.9 Å². The number of ether oxygens (including phenoxy) is 1. The lowest BCUT2D eigenvalue weighted by atomic mass is 10.2. The molecule has 98 valence electrons. The molecule has 0 spiro atoms. The first-order valence-corrected chi connectivity index (χ1v) is 6.53. The highest BCUT2D eigenvalue weighted by molar-refractivity contribution is 9.10. The summed E-state index contributed by atoms with van der Waals surface area (Å²) in [6.07, 6.45) is 2.95. The van der Waals surface area contributed by atoms with Gasteiger partial charge in [-0.3, -0.25) is 9.78 Å². The Morgan fingerprint density at radius 1 is 1.42 bits per heavy atom. The van der Waals surface area contributed by atoms with Crippen molar-refractivity contribution >= 4 is 39.1 Å². The topological polar surface area (TPSA) is 51.2 Å². The molecule has 0 atom stereocenters. The van der Waals surface area contributed by atoms with Gasteiger partial charge in [-0.2, -0.15) is 0 Å². The highest BCUT2D eigenvalue weighted by Crippen LogP contribution is 2.28. The molecule has 6 heteroatoms. The Bertz CT molecular complexity index is 619. The standard InChI is InChI=1S/C13H10BrClN2O2/c1-19-8-2-3-10(14)12(6-8)17-13(18)9-7-16-5-4-11(9)15/h2-7H,1H3,(H,17,18). The zero-order valence-corrected chi connectivity index (χ0v) is 12.3. The van der Waals surface area contributed by atoms with Crippen molar-refractivity contribution in [3.8, 4) is 5.75 Å². The average Bonchev–Trinajstić information content (AvgIpc) is 2.41. The van der Waals surface area contributed by atoms with Gasteiger partial charge in [-0.15, -0.1) is 0 Å². The molecule has 0 aliphatic rings. The van der Waals surface area contributed by atoms with Gasteiger partial charge in [-0.05, 0) is 34.1 Å². The molecule has 19 heavy (non-hydrogen) atoms. The summed E-state index contributed by atoms with van der Waals surface area (Å²) in [6, 6.07) is 6.86. The summed E-state index contributed by atoms with van der Waals surface area (Å²) in [5, 5.41) is 3.11. The summed E-state index contributed by atoms with van der Waals surface area (Å²) in [5.74, 6) is 0.322. The summed E-state index contributed by atoms with van der Waals surface area (Å²) < 4.78 is 5.86. The van der Waals surface area contributed by atoms with E-state index in [0.717, 1.165) is 4.47 Å². The molecule has 1 heterocycles. The van der Waals surface area contributed by atoms with Gasteiger partial charge in [0.1, 0.15) is 5.75 Å². The van der Waals surface area contributed by atoms with E-state index in [0.29, 0.717) is 22.0 Å². The van der Waals surface area contributed by atoms with Crippen molar-refractivity contribution in [3.05, 3.63) is 51.7 Å². The lowest BCUT2D eigenvalue weighted by Crippen LogP contribution is -2.13. The van der Waals surface area contributed by atoms with Crippen molar-refractivity contribution in [2.45, 2.75) is 0 Å². The molecule has 0 aliphatic heterocycles. The molecule has 4 nitrogen and oxygen atoms in total. The third-order valence-electron chi connectivity index (χ3n) is 2.43. The van der Waals surface area contributed by atoms with Crippen LogP contribution in [0.25, 0.3) is 0 Å². The fraction of sp³-hybridized carbons (Fsp3) is 0.0769. The van der Waals surface area contributed by atoms with E-state index in [1.165, 1.54) is 12.4 Å². The van der Waals surface area contributed by atoms with Crippen LogP contribution in [0, 0.1) is 0 Å². The number of halogens is 2. The van der Waals surface area contributed by atoms with Gasteiger partial charge in [0.05, 0.1) is 23.4 Å². The summed E-state index contributed by atoms with van der Waals surface area (Å²) in [7, 11) is 1.56. The van der Waals surface area contributed by atoms with Crippen LogP contribution in [0.3, 0.4) is 0 Å². The summed E-state index contributed by atoms with van der Waals surface area (Å²) in [5.41, 5.74) is 0.920. The number of carbonyl (C=O) groups is 1. The lowest BCUT2D eigenvalue weighted by molar-refractivity contribution is 0.102. The van der Waals surface area contributed by atoms with Crippen LogP contribution in [0.1, 0.15) is 10.4 Å². The molecule has 1 N–H and O–H groups in total. The summed E-state index contributed by atoms with van der Waals surface area (Å²) in [4.78, 5) is 16.0. The van der Waals surface area contributed by atoms with E-state index in [1.54, 1.807) is 31.4 Å². The molecule has 0 aliphatic carbocycles. The van der Waals surface area contributed by atoms with E-state index >= 15 is 0 Å². The average molecular weight is 342 g/mol. The molecule has 0 bridgehead atoms. The second-order valence-electron chi connectivity index (χ2n) is 3.66. The van der Waals surface area contributed by atoms with Crippen molar-refractivity contribution < 1.29 is 9.53 Å². The Balaban J connectivity index is 2.26. The molecule has 1 aromatic heterocycles. The fourth-order valence-corrected chi connectivity index (χ4v) is 2.00. The molecular formula is C13H10BrClN2O2. The molecule has 2 aromatic rings. The number of nitrogens with zero attached hydrogens (tertiary/aromatic N) is 1. The van der Waals surface area contributed by atoms with Gasteiger partial charge in [0.25, 0.3) is 5.91 Å². The van der Waals surface area contributed by atoms with Crippen molar-refractivity contribution in [2.24, 2.45) is 0 Å². The smallest absolute Gasteiger partial charge is 0.258 e. The number of hydrogen-bond acceptors (Lipinski definition) is 3. The summed E-state index contributed by atoms with van der Waals surface area (Å²) in [6.45, 7) is 0. The van der Waals surface area contributed by atoms with Gasteiger partial charge in [-0.25, -0.2) is 0 Å². The first-order chi connectivity index (χ1) is 9.11. The van der Waals surface area contributed by atoms with Crippen LogP contribution in [0.5, 0.6) is 5.75 Å². The molecular weight excluding hydrogens is 332 g/mol. The predicted octanol–water partition coefficient (Wildman–Crippen LogP) is 3.76. The maximum absolute atomic E-state index is 12.1. The van der Waals surface area contributed by atoms with E-state index in [1.807, 2.05) is 0 Å². The van der Waals surface area contributed by atoms with Crippen molar-refractivity contribution in [1.29, 1.82) is 0 Å². The second kappa shape index (κ2) is 6.04. The number of methoxy groups -OCH3 is 1. The molecule has 0 saturated heterocycles. The lowest BCUT2D eigenvalue weighted by Gasteiger charge is -2.09. The van der Waals surface area contributed by atoms with Crippen LogP contribution < -0.4 is 10.1 Å². The predicted molar refractivity (Wildman–Crippen MR) is 77.9 cm³/mol. The van der Waals surface area contributed by atoms with Gasteiger partial charge < -0.3 is 10.1 Å². The third-order valence-corrected chi connectivity index (χ3v) is 3.46. The van der Waals surface area contributed by atoms with E-state index in [4.69, 9.17) is 16.3 Å². The van der Waals surface area contributed by atoms with E-state index in [-0.39, 0.29) is 5.91 Å². The van der Waals surface area contributed by atoms with Crippen LogP contribution in [-0.4, -0.2) is 18.0 Å². The van der Waals surface area contributed by atoms with Gasteiger partial charge in [-0.1, -0.05) is 11.6 Å². The van der Waals surface area contributed by atoms with E-state index < -0.39 is 0 Å². The molecule has 1 aromatic carbocycles. The number of amides is 1. The Morgan fingerprint density at radius 3 is 2.89 bits per heavy atom. The Morgan fingerprint density at radius 2 is 2.21 bits per heavy atom. The Hall–Kier alpha value is -1.59. The van der Waals surface area contributed by atoms with Gasteiger partial charge >= 0.3 is 0 Å². The van der Waals surface area contributed by atoms with Crippen molar-refractivity contribution in [3.63, 3.8) is 0 Å². The van der Waals surface area contributed by atoms with Crippen LogP contribution in [-0.2, 0) is 0 Å². The molecule has 0 saturated carbocycles. The minimum Gasteiger partial charge on any atom is -0.497 e. The van der Waals surface area contributed by atoms with Gasteiger partial charge in [0.15, 0.2) is 0 Å². The number of hydrogen-bond donors (Lipinski definition) is 1. The molecule has 0 radical (unpaired) electrons. The second-order valence-corrected chi connectivity index (χ2v) is 4.92. The Kier molecular flexibility index (Phi) is 4.39. The van der Waals surface area contributed by atoms with Crippen molar-refractivity contribution in [1.82, 2.24) is 4.98 Å². The number of aromatic nitrogens is 1. The van der Waals surface area contributed by atoms with E-state index in [2.05, 4.69) is 26.2 Å². The zero-order valence-electron chi connectivity index (χ0n) is 9.98. The molecule has 2 rings (SSSR count). The van der Waals surface area contributed by atoms with Crippen molar-refractivity contribution in [2.75, 3.05) is 12.4 Å². The number of carbonyl (C=O) groups excluding carboxylic acids is 1. The number of nitrogens with one attached hydrogen (secondary N) is 1. The monoisotopic (exact) mass is 340 g/mol. The third kappa shape index (κ3) is 3.24. The first-order valence-electron chi connectivity index (χ1n) is 5.36. The largest absolute Gasteiger partial charge is 0.497 e. The SMILES string of the molecule is COc1ccc(Br)c(NC(=O)c2cnccc2Cl)c1. The summed E-state index contributed by atoms with van der Waals surface area (Å²) >= 11 is 9.31. The highest BCUT2D eigenvalue weighted by Gasteiger charge is 2.12. The van der Waals surface area contributed by atoms with Gasteiger partial charge in [0.2, 0.25) is 0 Å². The number of anilines is 1. The van der Waals surface area contributed by atoms with Crippen LogP contribution in [0.15, 0.2) is 41.1 Å². The normalized spacial score (nSPS) is 10.1. The highest BCUT2D eigenvalue weighted by atomic mass is 79.9. The van der Waals surface area contributed by atoms with E-state index in [9.17, 15) is 4.79 Å². The Labute approximate surface area is 123 Å². The quantitative estimate of drug-likeness (QED) is 0.925. The number of rotatable bonds is 3. The minimum atomic E-state index is -0.327. The maximum atomic E-state index is 12.1. The number of pyridine rings is 1. The molecule has 1 amide bonds. The fourth-order valence-electron chi connectivity index (χ4n) is 1.46. The van der Waals surface area contributed by atoms with Crippen LogP contribution >= 0.6 is 27.5 Å². The maximum Gasteiger partial charge on any atom is 0.258 e.